The molecule has 0 atom stereocenters. The number of carbonyl (C=O) groups excluding carboxylic acids is 2. The molecular formula is C11H9F3N2O2. The van der Waals surface area contributed by atoms with Crippen molar-refractivity contribution < 1.29 is 22.8 Å². The zero-order chi connectivity index (χ0) is 13.5. The lowest BCUT2D eigenvalue weighted by atomic mass is 10.2. The summed E-state index contributed by atoms with van der Waals surface area (Å²) < 4.78 is 37.6. The predicted molar refractivity (Wildman–Crippen MR) is 57.0 cm³/mol. The highest BCUT2D eigenvalue weighted by molar-refractivity contribution is 6.19. The third-order valence-corrected chi connectivity index (χ3v) is 2.57. The van der Waals surface area contributed by atoms with Crippen molar-refractivity contribution in [2.45, 2.75) is 6.18 Å². The molecule has 1 fully saturated rings. The van der Waals surface area contributed by atoms with Gasteiger partial charge in [-0.1, -0.05) is 6.07 Å². The predicted octanol–water partition coefficient (Wildman–Crippen LogP) is 2.10. The van der Waals surface area contributed by atoms with Crippen LogP contribution in [0, 0.1) is 0 Å². The first-order chi connectivity index (χ1) is 8.30. The average Bonchev–Trinajstić information content (AvgIpc) is 2.52. The SMILES string of the molecule is CN1CC(=O)N(c2cccc(C(F)(F)F)c2)C1=O. The van der Waals surface area contributed by atoms with Crippen LogP contribution in [0.15, 0.2) is 24.3 Å². The zero-order valence-electron chi connectivity index (χ0n) is 9.36. The monoisotopic (exact) mass is 258 g/mol. The molecule has 1 heterocycles. The van der Waals surface area contributed by atoms with Crippen LogP contribution in [0.1, 0.15) is 5.56 Å². The molecule has 2 rings (SSSR count). The summed E-state index contributed by atoms with van der Waals surface area (Å²) in [6.45, 7) is -0.130. The maximum atomic E-state index is 12.5. The van der Waals surface area contributed by atoms with Gasteiger partial charge in [0.2, 0.25) is 0 Å². The second-order valence-electron chi connectivity index (χ2n) is 3.92. The Hall–Kier alpha value is -2.05. The van der Waals surface area contributed by atoms with E-state index in [0.717, 1.165) is 28.0 Å². The summed E-state index contributed by atoms with van der Waals surface area (Å²) in [5.41, 5.74) is -0.959. The molecule has 1 saturated heterocycles. The molecule has 1 aromatic rings. The van der Waals surface area contributed by atoms with E-state index in [4.69, 9.17) is 0 Å². The van der Waals surface area contributed by atoms with Gasteiger partial charge in [-0.05, 0) is 18.2 Å². The molecule has 3 amide bonds. The van der Waals surface area contributed by atoms with E-state index in [1.54, 1.807) is 0 Å². The molecule has 0 aliphatic carbocycles. The summed E-state index contributed by atoms with van der Waals surface area (Å²) in [5.74, 6) is -0.540. The van der Waals surface area contributed by atoms with Gasteiger partial charge in [-0.15, -0.1) is 0 Å². The largest absolute Gasteiger partial charge is 0.416 e. The molecule has 0 N–H and O–H groups in total. The Labute approximate surface area is 101 Å². The third kappa shape index (κ3) is 2.03. The molecule has 0 bridgehead atoms. The van der Waals surface area contributed by atoms with Crippen molar-refractivity contribution in [3.8, 4) is 0 Å². The maximum absolute atomic E-state index is 12.5. The molecule has 0 radical (unpaired) electrons. The second kappa shape index (κ2) is 4.01. The van der Waals surface area contributed by atoms with E-state index in [1.165, 1.54) is 13.1 Å². The van der Waals surface area contributed by atoms with Crippen molar-refractivity contribution in [3.05, 3.63) is 29.8 Å². The Bertz CT molecular complexity index is 513. The van der Waals surface area contributed by atoms with Crippen LogP contribution >= 0.6 is 0 Å². The van der Waals surface area contributed by atoms with Gasteiger partial charge in [0.1, 0.15) is 6.54 Å². The number of hydrogen-bond donors (Lipinski definition) is 0. The van der Waals surface area contributed by atoms with E-state index in [1.807, 2.05) is 0 Å². The fourth-order valence-corrected chi connectivity index (χ4v) is 1.69. The van der Waals surface area contributed by atoms with Crippen molar-refractivity contribution in [1.29, 1.82) is 0 Å². The highest BCUT2D eigenvalue weighted by Gasteiger charge is 2.36. The molecular weight excluding hydrogens is 249 g/mol. The molecule has 7 heteroatoms. The Morgan fingerprint density at radius 2 is 1.89 bits per heavy atom. The van der Waals surface area contributed by atoms with Crippen molar-refractivity contribution in [2.24, 2.45) is 0 Å². The highest BCUT2D eigenvalue weighted by atomic mass is 19.4. The minimum absolute atomic E-state index is 0.0656. The topological polar surface area (TPSA) is 40.6 Å². The average molecular weight is 258 g/mol. The Morgan fingerprint density at radius 1 is 1.22 bits per heavy atom. The van der Waals surface area contributed by atoms with Crippen LogP contribution in [0.2, 0.25) is 0 Å². The number of halogens is 3. The van der Waals surface area contributed by atoms with Crippen LogP contribution in [-0.2, 0) is 11.0 Å². The zero-order valence-corrected chi connectivity index (χ0v) is 9.36. The smallest absolute Gasteiger partial charge is 0.318 e. The minimum Gasteiger partial charge on any atom is -0.318 e. The van der Waals surface area contributed by atoms with E-state index >= 15 is 0 Å². The summed E-state index contributed by atoms with van der Waals surface area (Å²) in [4.78, 5) is 25.1. The van der Waals surface area contributed by atoms with Gasteiger partial charge in [0.15, 0.2) is 0 Å². The molecule has 0 unspecified atom stereocenters. The highest BCUT2D eigenvalue weighted by Crippen LogP contribution is 2.32. The van der Waals surface area contributed by atoms with Crippen LogP contribution in [0.3, 0.4) is 0 Å². The summed E-state index contributed by atoms with van der Waals surface area (Å²) in [6, 6.07) is 3.51. The standard InChI is InChI=1S/C11H9F3N2O2/c1-15-6-9(17)16(10(15)18)8-4-2-3-7(5-8)11(12,13)14/h2-5H,6H2,1H3. The van der Waals surface area contributed by atoms with Crippen molar-refractivity contribution in [1.82, 2.24) is 4.90 Å². The number of amides is 3. The van der Waals surface area contributed by atoms with Gasteiger partial charge in [0.25, 0.3) is 5.91 Å². The molecule has 0 spiro atoms. The number of likely N-dealkylation sites (N-methyl/N-ethyl adjacent to an activating group) is 1. The van der Waals surface area contributed by atoms with Crippen molar-refractivity contribution in [3.63, 3.8) is 0 Å². The number of urea groups is 1. The summed E-state index contributed by atoms with van der Waals surface area (Å²) >= 11 is 0. The number of alkyl halides is 3. The van der Waals surface area contributed by atoms with Gasteiger partial charge in [-0.25, -0.2) is 9.69 Å². The molecule has 0 aromatic heterocycles. The molecule has 18 heavy (non-hydrogen) atoms. The maximum Gasteiger partial charge on any atom is 0.416 e. The van der Waals surface area contributed by atoms with Crippen LogP contribution < -0.4 is 4.90 Å². The molecule has 0 saturated carbocycles. The number of carbonyl (C=O) groups is 2. The van der Waals surface area contributed by atoms with Gasteiger partial charge in [0.05, 0.1) is 11.3 Å². The fraction of sp³-hybridized carbons (Fsp3) is 0.273. The third-order valence-electron chi connectivity index (χ3n) is 2.57. The quantitative estimate of drug-likeness (QED) is 0.724. The number of hydrogen-bond acceptors (Lipinski definition) is 2. The van der Waals surface area contributed by atoms with E-state index in [2.05, 4.69) is 0 Å². The van der Waals surface area contributed by atoms with Gasteiger partial charge in [0, 0.05) is 7.05 Å². The van der Waals surface area contributed by atoms with Gasteiger partial charge >= 0.3 is 12.2 Å². The van der Waals surface area contributed by atoms with E-state index in [-0.39, 0.29) is 12.2 Å². The summed E-state index contributed by atoms with van der Waals surface area (Å²) in [5, 5.41) is 0. The van der Waals surface area contributed by atoms with E-state index in [0.29, 0.717) is 0 Å². The lowest BCUT2D eigenvalue weighted by molar-refractivity contribution is -0.137. The van der Waals surface area contributed by atoms with Crippen LogP contribution in [0.4, 0.5) is 23.7 Å². The first kappa shape index (κ1) is 12.4. The number of benzene rings is 1. The molecule has 4 nitrogen and oxygen atoms in total. The first-order valence-electron chi connectivity index (χ1n) is 5.06. The number of imide groups is 1. The summed E-state index contributed by atoms with van der Waals surface area (Å²) in [6.07, 6.45) is -4.51. The Balaban J connectivity index is 2.41. The minimum atomic E-state index is -4.51. The van der Waals surface area contributed by atoms with Crippen LogP contribution in [0.5, 0.6) is 0 Å². The Kier molecular flexibility index (Phi) is 2.76. The molecule has 1 aromatic carbocycles. The first-order valence-corrected chi connectivity index (χ1v) is 5.06. The summed E-state index contributed by atoms with van der Waals surface area (Å²) in [7, 11) is 1.41. The number of rotatable bonds is 1. The molecule has 1 aliphatic heterocycles. The van der Waals surface area contributed by atoms with E-state index in [9.17, 15) is 22.8 Å². The van der Waals surface area contributed by atoms with E-state index < -0.39 is 23.7 Å². The number of anilines is 1. The molecule has 96 valence electrons. The second-order valence-corrected chi connectivity index (χ2v) is 3.92. The lowest BCUT2D eigenvalue weighted by Crippen LogP contribution is -2.31. The Morgan fingerprint density at radius 3 is 2.39 bits per heavy atom. The van der Waals surface area contributed by atoms with Gasteiger partial charge in [-0.3, -0.25) is 4.79 Å². The number of nitrogens with zero attached hydrogens (tertiary/aromatic N) is 2. The van der Waals surface area contributed by atoms with Crippen molar-refractivity contribution in [2.75, 3.05) is 18.5 Å². The van der Waals surface area contributed by atoms with Crippen LogP contribution in [-0.4, -0.2) is 30.4 Å². The lowest BCUT2D eigenvalue weighted by Gasteiger charge is -2.15. The van der Waals surface area contributed by atoms with Gasteiger partial charge < -0.3 is 4.90 Å². The van der Waals surface area contributed by atoms with Crippen molar-refractivity contribution >= 4 is 17.6 Å². The van der Waals surface area contributed by atoms with Gasteiger partial charge in [-0.2, -0.15) is 13.2 Å². The normalized spacial score (nSPS) is 16.7. The molecule has 1 aliphatic rings. The fourth-order valence-electron chi connectivity index (χ4n) is 1.69. The van der Waals surface area contributed by atoms with Crippen LogP contribution in [0.25, 0.3) is 0 Å².